The summed E-state index contributed by atoms with van der Waals surface area (Å²) in [5, 5.41) is 7.14. The molecule has 3 N–H and O–H groups in total. The first-order chi connectivity index (χ1) is 20.2. The van der Waals surface area contributed by atoms with Crippen molar-refractivity contribution < 1.29 is 23.5 Å². The first-order valence-electron chi connectivity index (χ1n) is 15.3. The molecule has 1 fully saturated rings. The van der Waals surface area contributed by atoms with Crippen molar-refractivity contribution in [2.45, 2.75) is 91.1 Å². The average molecular weight is 580 g/mol. The number of rotatable bonds is 11. The van der Waals surface area contributed by atoms with Crippen molar-refractivity contribution in [3.8, 4) is 0 Å². The van der Waals surface area contributed by atoms with Gasteiger partial charge >= 0.3 is 12.0 Å². The number of esters is 1. The van der Waals surface area contributed by atoms with E-state index in [1.54, 1.807) is 6.92 Å². The molecule has 2 aromatic heterocycles. The van der Waals surface area contributed by atoms with Crippen LogP contribution in [0.1, 0.15) is 106 Å². The Bertz CT molecular complexity index is 1350. The highest BCUT2D eigenvalue weighted by atomic mass is 16.5. The minimum Gasteiger partial charge on any atom is -0.461 e. The Morgan fingerprint density at radius 3 is 2.43 bits per heavy atom. The van der Waals surface area contributed by atoms with E-state index in [9.17, 15) is 14.4 Å². The van der Waals surface area contributed by atoms with E-state index in [1.807, 2.05) is 63.1 Å². The maximum absolute atomic E-state index is 13.9. The number of oxazole rings is 1. The lowest BCUT2D eigenvalue weighted by Gasteiger charge is -2.27. The Morgan fingerprint density at radius 2 is 1.76 bits per heavy atom. The molecule has 2 atom stereocenters. The van der Waals surface area contributed by atoms with Gasteiger partial charge in [0.05, 0.1) is 6.61 Å². The van der Waals surface area contributed by atoms with E-state index < -0.39 is 18.1 Å². The first kappa shape index (κ1) is 31.1. The molecule has 0 aliphatic carbocycles. The van der Waals surface area contributed by atoms with Crippen molar-refractivity contribution in [3.63, 3.8) is 0 Å². The van der Waals surface area contributed by atoms with E-state index in [4.69, 9.17) is 9.15 Å². The van der Waals surface area contributed by atoms with E-state index in [1.165, 1.54) is 0 Å². The van der Waals surface area contributed by atoms with E-state index in [2.05, 4.69) is 20.6 Å². The Kier molecular flexibility index (Phi) is 10.7. The summed E-state index contributed by atoms with van der Waals surface area (Å²) in [6.45, 7) is 11.2. The maximum Gasteiger partial charge on any atom is 0.360 e. The van der Waals surface area contributed by atoms with Crippen LogP contribution in [-0.2, 0) is 16.0 Å². The molecule has 1 saturated heterocycles. The Labute approximate surface area is 248 Å². The van der Waals surface area contributed by atoms with Crippen molar-refractivity contribution in [1.29, 1.82) is 0 Å². The van der Waals surface area contributed by atoms with Crippen molar-refractivity contribution in [2.75, 3.05) is 19.7 Å². The standard InChI is InChI=1S/C32H45N5O5/c1-6-41-31(39)27-28(21(4)5)42-30(36-27)26(18-22-19-33-24-14-10-9-13-23(22)24)34-29(38)25(17-20(2)3)35-32(40)37-15-11-7-8-12-16-37/h9-10,13-14,19-21,25-26,33H,6-8,11-12,15-18H2,1-5H3,(H,34,38)(H,35,40)/t25-,26+/m0/s1. The minimum absolute atomic E-state index is 0.119. The van der Waals surface area contributed by atoms with E-state index in [0.29, 0.717) is 31.7 Å². The number of hydrogen-bond acceptors (Lipinski definition) is 6. The van der Waals surface area contributed by atoms with E-state index in [0.717, 1.165) is 42.1 Å². The van der Waals surface area contributed by atoms with Gasteiger partial charge in [0.2, 0.25) is 11.8 Å². The molecule has 1 aromatic carbocycles. The number of urea groups is 1. The van der Waals surface area contributed by atoms with Gasteiger partial charge in [-0.15, -0.1) is 0 Å². The quantitative estimate of drug-likeness (QED) is 0.244. The predicted octanol–water partition coefficient (Wildman–Crippen LogP) is 5.86. The molecule has 3 amide bonds. The molecule has 10 nitrogen and oxygen atoms in total. The third kappa shape index (κ3) is 7.72. The van der Waals surface area contributed by atoms with Gasteiger partial charge in [0.25, 0.3) is 0 Å². The van der Waals surface area contributed by atoms with Gasteiger partial charge in [-0.3, -0.25) is 4.79 Å². The highest BCUT2D eigenvalue weighted by Crippen LogP contribution is 2.29. The predicted molar refractivity (Wildman–Crippen MR) is 161 cm³/mol. The summed E-state index contributed by atoms with van der Waals surface area (Å²) >= 11 is 0. The van der Waals surface area contributed by atoms with Crippen LogP contribution in [0.3, 0.4) is 0 Å². The number of likely N-dealkylation sites (tertiary alicyclic amines) is 1. The molecule has 0 radical (unpaired) electrons. The molecule has 0 unspecified atom stereocenters. The topological polar surface area (TPSA) is 130 Å². The van der Waals surface area contributed by atoms with Gasteiger partial charge in [0, 0.05) is 42.5 Å². The van der Waals surface area contributed by atoms with Gasteiger partial charge in [0.1, 0.15) is 17.8 Å². The highest BCUT2D eigenvalue weighted by Gasteiger charge is 2.32. The van der Waals surface area contributed by atoms with Crippen LogP contribution in [-0.4, -0.2) is 58.5 Å². The second kappa shape index (κ2) is 14.4. The molecule has 10 heteroatoms. The number of fused-ring (bicyclic) bond motifs is 1. The maximum atomic E-state index is 13.9. The van der Waals surface area contributed by atoms with Gasteiger partial charge < -0.3 is 29.7 Å². The molecule has 3 aromatic rings. The zero-order valence-electron chi connectivity index (χ0n) is 25.5. The van der Waals surface area contributed by atoms with Crippen molar-refractivity contribution in [2.24, 2.45) is 5.92 Å². The van der Waals surface area contributed by atoms with E-state index in [-0.39, 0.29) is 42.0 Å². The van der Waals surface area contributed by atoms with Crippen LogP contribution < -0.4 is 10.6 Å². The summed E-state index contributed by atoms with van der Waals surface area (Å²) in [5.41, 5.74) is 2.06. The smallest absolute Gasteiger partial charge is 0.360 e. The van der Waals surface area contributed by atoms with Gasteiger partial charge in [-0.25, -0.2) is 14.6 Å². The second-order valence-electron chi connectivity index (χ2n) is 11.8. The van der Waals surface area contributed by atoms with Crippen molar-refractivity contribution in [1.82, 2.24) is 25.5 Å². The summed E-state index contributed by atoms with van der Waals surface area (Å²) in [4.78, 5) is 49.5. The van der Waals surface area contributed by atoms with Crippen LogP contribution in [0.5, 0.6) is 0 Å². The SMILES string of the molecule is CCOC(=O)c1nc([C@@H](Cc2c[nH]c3ccccc23)NC(=O)[C@H](CC(C)C)NC(=O)N2CCCCCC2)oc1C(C)C. The van der Waals surface area contributed by atoms with Crippen molar-refractivity contribution >= 4 is 28.8 Å². The van der Waals surface area contributed by atoms with Crippen LogP contribution in [0, 0.1) is 5.92 Å². The third-order valence-corrected chi connectivity index (χ3v) is 7.59. The Hall–Kier alpha value is -3.82. The number of carbonyl (C=O) groups is 3. The molecule has 0 spiro atoms. The number of aromatic amines is 1. The molecule has 228 valence electrons. The third-order valence-electron chi connectivity index (χ3n) is 7.59. The number of aromatic nitrogens is 2. The average Bonchev–Trinajstić information content (AvgIpc) is 3.48. The number of H-pyrrole nitrogens is 1. The number of amides is 3. The van der Waals surface area contributed by atoms with E-state index >= 15 is 0 Å². The summed E-state index contributed by atoms with van der Waals surface area (Å²) in [7, 11) is 0. The van der Waals surface area contributed by atoms with Crippen molar-refractivity contribution in [3.05, 3.63) is 53.4 Å². The minimum atomic E-state index is -0.740. The fourth-order valence-corrected chi connectivity index (χ4v) is 5.44. The van der Waals surface area contributed by atoms with Crippen LogP contribution in [0.2, 0.25) is 0 Å². The molecular weight excluding hydrogens is 534 g/mol. The first-order valence-corrected chi connectivity index (χ1v) is 15.3. The summed E-state index contributed by atoms with van der Waals surface area (Å²) in [6, 6.07) is 6.28. The zero-order valence-corrected chi connectivity index (χ0v) is 25.5. The molecule has 42 heavy (non-hydrogen) atoms. The van der Waals surface area contributed by atoms with Gasteiger partial charge in [-0.05, 0) is 43.7 Å². The van der Waals surface area contributed by atoms with Crippen LogP contribution >= 0.6 is 0 Å². The number of ether oxygens (including phenoxy) is 1. The normalized spacial score (nSPS) is 15.5. The largest absolute Gasteiger partial charge is 0.461 e. The molecule has 3 heterocycles. The van der Waals surface area contributed by atoms with Crippen LogP contribution in [0.4, 0.5) is 4.79 Å². The molecule has 0 saturated carbocycles. The summed E-state index contributed by atoms with van der Waals surface area (Å²) in [5.74, 6) is -0.203. The fraction of sp³-hybridized carbons (Fsp3) is 0.562. The molecular formula is C32H45N5O5. The molecule has 0 bridgehead atoms. The number of hydrogen-bond donors (Lipinski definition) is 3. The number of carbonyl (C=O) groups excluding carboxylic acids is 3. The summed E-state index contributed by atoms with van der Waals surface area (Å²) < 4.78 is 11.4. The number of nitrogens with zero attached hydrogens (tertiary/aromatic N) is 2. The fourth-order valence-electron chi connectivity index (χ4n) is 5.44. The number of para-hydroxylation sites is 1. The number of benzene rings is 1. The lowest BCUT2D eigenvalue weighted by molar-refractivity contribution is -0.124. The number of nitrogens with one attached hydrogen (secondary N) is 3. The second-order valence-corrected chi connectivity index (χ2v) is 11.8. The lowest BCUT2D eigenvalue weighted by atomic mass is 10.0. The van der Waals surface area contributed by atoms with Gasteiger partial charge in [-0.1, -0.05) is 58.7 Å². The Balaban J connectivity index is 1.65. The highest BCUT2D eigenvalue weighted by molar-refractivity contribution is 5.89. The zero-order chi connectivity index (χ0) is 30.2. The summed E-state index contributed by atoms with van der Waals surface area (Å²) in [6.07, 6.45) is 6.90. The van der Waals surface area contributed by atoms with Crippen LogP contribution in [0.15, 0.2) is 34.9 Å². The molecule has 1 aliphatic heterocycles. The van der Waals surface area contributed by atoms with Gasteiger partial charge in [-0.2, -0.15) is 0 Å². The molecule has 4 rings (SSSR count). The Morgan fingerprint density at radius 1 is 1.05 bits per heavy atom. The van der Waals surface area contributed by atoms with Gasteiger partial charge in [0.15, 0.2) is 5.69 Å². The van der Waals surface area contributed by atoms with Crippen LogP contribution in [0.25, 0.3) is 10.9 Å². The molecule has 1 aliphatic rings. The monoisotopic (exact) mass is 579 g/mol. The lowest BCUT2D eigenvalue weighted by Crippen LogP contribution is -2.52.